The van der Waals surface area contributed by atoms with Gasteiger partial charge in [-0.1, -0.05) is 41.9 Å². The zero-order chi connectivity index (χ0) is 12.3. The third-order valence-electron chi connectivity index (χ3n) is 2.00. The molecule has 0 unspecified atom stereocenters. The minimum absolute atomic E-state index is 0.422. The van der Waals surface area contributed by atoms with Crippen LogP contribution in [0.4, 0.5) is 0 Å². The van der Waals surface area contributed by atoms with E-state index in [1.807, 2.05) is 0 Å². The van der Waals surface area contributed by atoms with Crippen LogP contribution in [0.3, 0.4) is 0 Å². The average Bonchev–Trinajstić information content (AvgIpc) is 2.75. The molecule has 0 saturated carbocycles. The maximum absolute atomic E-state index is 6.06. The van der Waals surface area contributed by atoms with Crippen molar-refractivity contribution < 1.29 is 4.42 Å². The van der Waals surface area contributed by atoms with Gasteiger partial charge >= 0.3 is 0 Å². The van der Waals surface area contributed by atoms with Gasteiger partial charge in [0, 0.05) is 10.8 Å². The molecule has 0 saturated heterocycles. The Labute approximate surface area is 114 Å². The summed E-state index contributed by atoms with van der Waals surface area (Å²) in [5.41, 5.74) is 0.701. The molecule has 0 amide bonds. The summed E-state index contributed by atoms with van der Waals surface area (Å²) in [5.74, 6) is 1.38. The highest BCUT2D eigenvalue weighted by molar-refractivity contribution is 7.99. The van der Waals surface area contributed by atoms with Gasteiger partial charge in [-0.25, -0.2) is 0 Å². The van der Waals surface area contributed by atoms with Crippen molar-refractivity contribution in [3.05, 3.63) is 28.2 Å². The lowest BCUT2D eigenvalue weighted by atomic mass is 10.2. The quantitative estimate of drug-likeness (QED) is 0.774. The highest BCUT2D eigenvalue weighted by Gasteiger charge is 2.12. The molecular weight excluding hydrogens is 279 g/mol. The third-order valence-corrected chi connectivity index (χ3v) is 3.57. The van der Waals surface area contributed by atoms with E-state index in [1.165, 1.54) is 11.8 Å². The summed E-state index contributed by atoms with van der Waals surface area (Å²) < 4.78 is 5.51. The second-order valence-corrected chi connectivity index (χ2v) is 5.24. The first-order valence-corrected chi connectivity index (χ1v) is 6.86. The number of hydrogen-bond acceptors (Lipinski definition) is 4. The molecule has 0 spiro atoms. The number of halogens is 2. The molecule has 0 radical (unpaired) electrons. The van der Waals surface area contributed by atoms with E-state index in [1.54, 1.807) is 18.2 Å². The van der Waals surface area contributed by atoms with Crippen LogP contribution in [0.25, 0.3) is 11.5 Å². The molecule has 2 aromatic rings. The highest BCUT2D eigenvalue weighted by Crippen LogP contribution is 2.30. The second-order valence-electron chi connectivity index (χ2n) is 3.35. The molecule has 6 heteroatoms. The van der Waals surface area contributed by atoms with Crippen LogP contribution in [0.2, 0.25) is 10.0 Å². The van der Waals surface area contributed by atoms with E-state index in [4.69, 9.17) is 27.6 Å². The molecule has 90 valence electrons. The topological polar surface area (TPSA) is 38.9 Å². The zero-order valence-corrected chi connectivity index (χ0v) is 11.4. The van der Waals surface area contributed by atoms with Crippen molar-refractivity contribution in [2.45, 2.75) is 18.6 Å². The number of nitrogens with zero attached hydrogens (tertiary/aromatic N) is 2. The number of aromatic nitrogens is 2. The largest absolute Gasteiger partial charge is 0.411 e. The highest BCUT2D eigenvalue weighted by atomic mass is 35.5. The Balaban J connectivity index is 2.24. The first-order valence-electron chi connectivity index (χ1n) is 5.12. The predicted octanol–water partition coefficient (Wildman–Crippen LogP) is 4.55. The minimum atomic E-state index is 0.422. The van der Waals surface area contributed by atoms with Crippen LogP contribution in [0.5, 0.6) is 0 Å². The van der Waals surface area contributed by atoms with Crippen LogP contribution in [-0.2, 0) is 0 Å². The standard InChI is InChI=1S/C11H10Cl2N2OS/c1-2-5-17-11-15-14-10(16-11)8-4-3-7(12)6-9(8)13/h3-4,6H,2,5H2,1H3. The summed E-state index contributed by atoms with van der Waals surface area (Å²) in [6.07, 6.45) is 1.06. The van der Waals surface area contributed by atoms with Gasteiger partial charge in [-0.3, -0.25) is 0 Å². The first-order chi connectivity index (χ1) is 8.20. The summed E-state index contributed by atoms with van der Waals surface area (Å²) in [6, 6.07) is 5.17. The smallest absolute Gasteiger partial charge is 0.276 e. The molecule has 1 aromatic heterocycles. The van der Waals surface area contributed by atoms with E-state index < -0.39 is 0 Å². The Morgan fingerprint density at radius 2 is 2.12 bits per heavy atom. The van der Waals surface area contributed by atoms with E-state index in [9.17, 15) is 0 Å². The SMILES string of the molecule is CCCSc1nnc(-c2ccc(Cl)cc2Cl)o1. The molecule has 0 N–H and O–H groups in total. The molecule has 0 bridgehead atoms. The Kier molecular flexibility index (Phi) is 4.31. The summed E-state index contributed by atoms with van der Waals surface area (Å²) >= 11 is 13.4. The van der Waals surface area contributed by atoms with Crippen LogP contribution in [-0.4, -0.2) is 16.0 Å². The van der Waals surface area contributed by atoms with E-state index >= 15 is 0 Å². The summed E-state index contributed by atoms with van der Waals surface area (Å²) in [5, 5.41) is 9.57. The van der Waals surface area contributed by atoms with Crippen LogP contribution in [0.1, 0.15) is 13.3 Å². The Hall–Kier alpha value is -0.710. The van der Waals surface area contributed by atoms with E-state index in [0.29, 0.717) is 26.7 Å². The fourth-order valence-corrected chi connectivity index (χ4v) is 2.33. The van der Waals surface area contributed by atoms with Crippen molar-refractivity contribution in [3.63, 3.8) is 0 Å². The maximum Gasteiger partial charge on any atom is 0.276 e. The van der Waals surface area contributed by atoms with Crippen molar-refractivity contribution in [1.82, 2.24) is 10.2 Å². The van der Waals surface area contributed by atoms with Gasteiger partial charge in [0.15, 0.2) is 0 Å². The molecule has 17 heavy (non-hydrogen) atoms. The lowest BCUT2D eigenvalue weighted by molar-refractivity contribution is 0.466. The Bertz CT molecular complexity index is 516. The van der Waals surface area contributed by atoms with Gasteiger partial charge in [0.1, 0.15) is 0 Å². The van der Waals surface area contributed by atoms with Gasteiger partial charge in [-0.15, -0.1) is 10.2 Å². The van der Waals surface area contributed by atoms with Crippen molar-refractivity contribution in [1.29, 1.82) is 0 Å². The van der Waals surface area contributed by atoms with Crippen molar-refractivity contribution in [2.24, 2.45) is 0 Å². The lowest BCUT2D eigenvalue weighted by Crippen LogP contribution is -1.79. The molecular formula is C11H10Cl2N2OS. The first kappa shape index (κ1) is 12.7. The Morgan fingerprint density at radius 1 is 1.29 bits per heavy atom. The summed E-state index contributed by atoms with van der Waals surface area (Å²) in [4.78, 5) is 0. The van der Waals surface area contributed by atoms with Gasteiger partial charge in [0.25, 0.3) is 5.22 Å². The van der Waals surface area contributed by atoms with E-state index in [2.05, 4.69) is 17.1 Å². The monoisotopic (exact) mass is 288 g/mol. The predicted molar refractivity (Wildman–Crippen MR) is 70.8 cm³/mol. The van der Waals surface area contributed by atoms with Gasteiger partial charge in [-0.05, 0) is 24.6 Å². The van der Waals surface area contributed by atoms with E-state index in [0.717, 1.165) is 12.2 Å². The molecule has 0 atom stereocenters. The number of benzene rings is 1. The average molecular weight is 289 g/mol. The molecule has 0 fully saturated rings. The maximum atomic E-state index is 6.06. The minimum Gasteiger partial charge on any atom is -0.411 e. The normalized spacial score (nSPS) is 10.8. The molecule has 0 aliphatic carbocycles. The third kappa shape index (κ3) is 3.15. The Morgan fingerprint density at radius 3 is 2.82 bits per heavy atom. The number of hydrogen-bond donors (Lipinski definition) is 0. The second kappa shape index (κ2) is 5.76. The van der Waals surface area contributed by atoms with Crippen molar-refractivity contribution >= 4 is 35.0 Å². The van der Waals surface area contributed by atoms with Gasteiger partial charge in [0.05, 0.1) is 10.6 Å². The van der Waals surface area contributed by atoms with Gasteiger partial charge < -0.3 is 4.42 Å². The van der Waals surface area contributed by atoms with Crippen LogP contribution in [0, 0.1) is 0 Å². The van der Waals surface area contributed by atoms with Crippen LogP contribution >= 0.6 is 35.0 Å². The lowest BCUT2D eigenvalue weighted by Gasteiger charge is -1.98. The number of rotatable bonds is 4. The van der Waals surface area contributed by atoms with Crippen molar-refractivity contribution in [3.8, 4) is 11.5 Å². The molecule has 0 aliphatic heterocycles. The van der Waals surface area contributed by atoms with Gasteiger partial charge in [0.2, 0.25) is 5.89 Å². The number of thioether (sulfide) groups is 1. The zero-order valence-electron chi connectivity index (χ0n) is 9.11. The molecule has 1 heterocycles. The van der Waals surface area contributed by atoms with Crippen molar-refractivity contribution in [2.75, 3.05) is 5.75 Å². The van der Waals surface area contributed by atoms with Crippen LogP contribution < -0.4 is 0 Å². The fourth-order valence-electron chi connectivity index (χ4n) is 1.23. The van der Waals surface area contributed by atoms with Gasteiger partial charge in [-0.2, -0.15) is 0 Å². The fraction of sp³-hybridized carbons (Fsp3) is 0.273. The van der Waals surface area contributed by atoms with E-state index in [-0.39, 0.29) is 0 Å². The molecule has 0 aliphatic rings. The molecule has 1 aromatic carbocycles. The molecule has 2 rings (SSSR count). The summed E-state index contributed by atoms with van der Waals surface area (Å²) in [6.45, 7) is 2.10. The molecule has 3 nitrogen and oxygen atoms in total. The van der Waals surface area contributed by atoms with Crippen LogP contribution in [0.15, 0.2) is 27.8 Å². The summed E-state index contributed by atoms with van der Waals surface area (Å²) in [7, 11) is 0.